The Bertz CT molecular complexity index is 559. The Morgan fingerprint density at radius 1 is 1.17 bits per heavy atom. The van der Waals surface area contributed by atoms with Gasteiger partial charge < -0.3 is 14.9 Å². The molecular weight excluding hydrogens is 302 g/mol. The van der Waals surface area contributed by atoms with E-state index in [-0.39, 0.29) is 54.8 Å². The number of Topliss-reactive ketones (excluding diaryl/α,β-unsaturated/α-hetero) is 1. The lowest BCUT2D eigenvalue weighted by Gasteiger charge is -2.31. The minimum atomic E-state index is -0.976. The molecular formula is C16H23NO6. The molecule has 0 spiro atoms. The second-order valence-corrected chi connectivity index (χ2v) is 6.31. The summed E-state index contributed by atoms with van der Waals surface area (Å²) in [6.45, 7) is 3.88. The summed E-state index contributed by atoms with van der Waals surface area (Å²) in [6, 6.07) is 0. The van der Waals surface area contributed by atoms with Crippen LogP contribution in [0.25, 0.3) is 0 Å². The summed E-state index contributed by atoms with van der Waals surface area (Å²) in [5, 5.41) is 18.9. The molecule has 0 aromatic carbocycles. The lowest BCUT2D eigenvalue weighted by Crippen LogP contribution is -2.33. The number of carboxylic acids is 1. The number of hydrogen-bond donors (Lipinski definition) is 2. The fourth-order valence-corrected chi connectivity index (χ4v) is 2.48. The van der Waals surface area contributed by atoms with Gasteiger partial charge in [-0.15, -0.1) is 0 Å². The van der Waals surface area contributed by atoms with Crippen LogP contribution in [-0.4, -0.2) is 47.3 Å². The number of nitrogens with zero attached hydrogens (tertiary/aromatic N) is 1. The Morgan fingerprint density at radius 2 is 1.83 bits per heavy atom. The second-order valence-electron chi connectivity index (χ2n) is 6.31. The van der Waals surface area contributed by atoms with Gasteiger partial charge in [0.05, 0.1) is 25.5 Å². The number of aliphatic imine (C=N–C) groups is 1. The number of ether oxygens (including phenoxy) is 1. The standard InChI is InChI=1S/C16H23NO6/c1-16(2)8-10(17-7-6-13(20)21)15(12(19)9-16)11(18)4-5-14(22)23-3/h18H,4-9H2,1-3H3,(H,20,21)/b15-11-,17-10?. The number of carboxylic acid groups (broad SMARTS) is 1. The highest BCUT2D eigenvalue weighted by atomic mass is 16.5. The first-order valence-electron chi connectivity index (χ1n) is 7.44. The minimum absolute atomic E-state index is 0.00781. The third kappa shape index (κ3) is 5.84. The number of rotatable bonds is 6. The summed E-state index contributed by atoms with van der Waals surface area (Å²) in [5.74, 6) is -1.89. The Hall–Kier alpha value is -2.18. The Morgan fingerprint density at radius 3 is 2.39 bits per heavy atom. The summed E-state index contributed by atoms with van der Waals surface area (Å²) in [5.41, 5.74) is 0.235. The van der Waals surface area contributed by atoms with Crippen LogP contribution < -0.4 is 0 Å². The number of aliphatic carboxylic acids is 1. The molecule has 0 radical (unpaired) electrons. The van der Waals surface area contributed by atoms with Gasteiger partial charge in [-0.05, 0) is 11.8 Å². The molecule has 0 unspecified atom stereocenters. The maximum Gasteiger partial charge on any atom is 0.305 e. The number of aliphatic hydroxyl groups excluding tert-OH is 1. The Labute approximate surface area is 135 Å². The van der Waals surface area contributed by atoms with Gasteiger partial charge in [-0.1, -0.05) is 13.8 Å². The molecule has 23 heavy (non-hydrogen) atoms. The quantitative estimate of drug-likeness (QED) is 0.439. The van der Waals surface area contributed by atoms with Crippen molar-refractivity contribution in [2.75, 3.05) is 13.7 Å². The number of ketones is 1. The highest BCUT2D eigenvalue weighted by Gasteiger charge is 2.36. The number of methoxy groups -OCH3 is 1. The van der Waals surface area contributed by atoms with E-state index in [1.807, 2.05) is 13.8 Å². The first kappa shape index (κ1) is 18.9. The first-order chi connectivity index (χ1) is 10.7. The predicted molar refractivity (Wildman–Crippen MR) is 83.5 cm³/mol. The topological polar surface area (TPSA) is 113 Å². The molecule has 7 heteroatoms. The van der Waals surface area contributed by atoms with E-state index in [2.05, 4.69) is 9.73 Å². The van der Waals surface area contributed by atoms with Gasteiger partial charge in [0.15, 0.2) is 5.78 Å². The maximum atomic E-state index is 12.3. The van der Waals surface area contributed by atoms with E-state index < -0.39 is 11.9 Å². The fraction of sp³-hybridized carbons (Fsp3) is 0.625. The van der Waals surface area contributed by atoms with Gasteiger partial charge in [0.1, 0.15) is 5.76 Å². The largest absolute Gasteiger partial charge is 0.511 e. The average molecular weight is 325 g/mol. The van der Waals surface area contributed by atoms with Crippen molar-refractivity contribution in [3.05, 3.63) is 11.3 Å². The van der Waals surface area contributed by atoms with Crippen LogP contribution in [0.3, 0.4) is 0 Å². The summed E-state index contributed by atoms with van der Waals surface area (Å²) in [6.07, 6.45) is 0.546. The van der Waals surface area contributed by atoms with Crippen molar-refractivity contribution in [2.45, 2.75) is 46.0 Å². The zero-order valence-electron chi connectivity index (χ0n) is 13.7. The van der Waals surface area contributed by atoms with E-state index in [1.165, 1.54) is 7.11 Å². The lowest BCUT2D eigenvalue weighted by molar-refractivity contribution is -0.140. The summed E-state index contributed by atoms with van der Waals surface area (Å²) in [7, 11) is 1.25. The number of carbonyl (C=O) groups excluding carboxylic acids is 2. The van der Waals surface area contributed by atoms with Crippen LogP contribution in [0.2, 0.25) is 0 Å². The van der Waals surface area contributed by atoms with Gasteiger partial charge in [-0.2, -0.15) is 0 Å². The molecule has 2 N–H and O–H groups in total. The van der Waals surface area contributed by atoms with E-state index in [4.69, 9.17) is 5.11 Å². The van der Waals surface area contributed by atoms with Gasteiger partial charge in [0.2, 0.25) is 0 Å². The van der Waals surface area contributed by atoms with Crippen LogP contribution in [0.4, 0.5) is 0 Å². The fourth-order valence-electron chi connectivity index (χ4n) is 2.48. The molecule has 0 aromatic rings. The number of allylic oxidation sites excluding steroid dienone is 2. The van der Waals surface area contributed by atoms with Crippen molar-refractivity contribution < 1.29 is 29.3 Å². The molecule has 1 aliphatic rings. The van der Waals surface area contributed by atoms with Crippen molar-refractivity contribution >= 4 is 23.4 Å². The van der Waals surface area contributed by atoms with Crippen molar-refractivity contribution in [2.24, 2.45) is 10.4 Å². The highest BCUT2D eigenvalue weighted by molar-refractivity contribution is 6.24. The molecule has 0 heterocycles. The number of aliphatic hydroxyl groups is 1. The lowest BCUT2D eigenvalue weighted by atomic mass is 9.73. The third-order valence-corrected chi connectivity index (χ3v) is 3.56. The molecule has 0 aliphatic heterocycles. The van der Waals surface area contributed by atoms with E-state index in [0.29, 0.717) is 12.1 Å². The van der Waals surface area contributed by atoms with E-state index in [9.17, 15) is 19.5 Å². The van der Waals surface area contributed by atoms with Crippen LogP contribution in [0, 0.1) is 5.41 Å². The number of esters is 1. The molecule has 1 saturated carbocycles. The van der Waals surface area contributed by atoms with Crippen LogP contribution in [-0.2, 0) is 19.1 Å². The van der Waals surface area contributed by atoms with Crippen LogP contribution in [0.15, 0.2) is 16.3 Å². The number of hydrogen-bond acceptors (Lipinski definition) is 6. The average Bonchev–Trinajstić information content (AvgIpc) is 2.42. The summed E-state index contributed by atoms with van der Waals surface area (Å²) in [4.78, 5) is 38.3. The molecule has 0 saturated heterocycles. The molecule has 0 bridgehead atoms. The summed E-state index contributed by atoms with van der Waals surface area (Å²) >= 11 is 0. The van der Waals surface area contributed by atoms with Gasteiger partial charge in [0.25, 0.3) is 0 Å². The monoisotopic (exact) mass is 325 g/mol. The smallest absolute Gasteiger partial charge is 0.305 e. The van der Waals surface area contributed by atoms with Crippen LogP contribution >= 0.6 is 0 Å². The van der Waals surface area contributed by atoms with Crippen LogP contribution in [0.5, 0.6) is 0 Å². The summed E-state index contributed by atoms with van der Waals surface area (Å²) < 4.78 is 4.51. The molecule has 1 rings (SSSR count). The molecule has 0 atom stereocenters. The SMILES string of the molecule is COC(=O)CC/C(O)=C1/C(=O)CC(C)(C)CC1=NCCC(=O)O. The van der Waals surface area contributed by atoms with Gasteiger partial charge in [0, 0.05) is 25.1 Å². The predicted octanol–water partition coefficient (Wildman–Crippen LogP) is 2.06. The van der Waals surface area contributed by atoms with Gasteiger partial charge in [-0.3, -0.25) is 19.4 Å². The zero-order chi connectivity index (χ0) is 17.6. The second kappa shape index (κ2) is 7.89. The van der Waals surface area contributed by atoms with Crippen molar-refractivity contribution in [1.29, 1.82) is 0 Å². The van der Waals surface area contributed by atoms with E-state index >= 15 is 0 Å². The first-order valence-corrected chi connectivity index (χ1v) is 7.44. The van der Waals surface area contributed by atoms with E-state index in [0.717, 1.165) is 0 Å². The zero-order valence-corrected chi connectivity index (χ0v) is 13.7. The molecule has 0 amide bonds. The van der Waals surface area contributed by atoms with Crippen LogP contribution in [0.1, 0.15) is 46.0 Å². The Kier molecular flexibility index (Phi) is 6.48. The highest BCUT2D eigenvalue weighted by Crippen LogP contribution is 2.35. The Balaban J connectivity index is 3.04. The third-order valence-electron chi connectivity index (χ3n) is 3.56. The molecule has 128 valence electrons. The molecule has 1 fully saturated rings. The maximum absolute atomic E-state index is 12.3. The number of carbonyl (C=O) groups is 3. The minimum Gasteiger partial charge on any atom is -0.511 e. The molecule has 0 aromatic heterocycles. The van der Waals surface area contributed by atoms with E-state index in [1.54, 1.807) is 0 Å². The molecule has 1 aliphatic carbocycles. The van der Waals surface area contributed by atoms with Crippen molar-refractivity contribution in [3.8, 4) is 0 Å². The van der Waals surface area contributed by atoms with Crippen molar-refractivity contribution in [3.63, 3.8) is 0 Å². The van der Waals surface area contributed by atoms with Gasteiger partial charge >= 0.3 is 11.9 Å². The van der Waals surface area contributed by atoms with Gasteiger partial charge in [-0.25, -0.2) is 0 Å². The van der Waals surface area contributed by atoms with Crippen molar-refractivity contribution in [1.82, 2.24) is 0 Å². The molecule has 7 nitrogen and oxygen atoms in total. The normalized spacial score (nSPS) is 21.2.